The van der Waals surface area contributed by atoms with E-state index in [-0.39, 0.29) is 6.04 Å². The van der Waals surface area contributed by atoms with E-state index in [1.165, 1.54) is 27.8 Å². The standard InChI is InChI=1S/C18H23N/c1-5-19-18(16-9-6-13(2)7-10-16)17-11-8-14(3)12-15(17)4/h6-12,18-19H,5H2,1-4H3. The summed E-state index contributed by atoms with van der Waals surface area (Å²) in [6, 6.07) is 15.8. The third kappa shape index (κ3) is 3.24. The molecule has 2 aromatic carbocycles. The summed E-state index contributed by atoms with van der Waals surface area (Å²) in [5, 5.41) is 3.59. The predicted octanol–water partition coefficient (Wildman–Crippen LogP) is 4.31. The molecule has 100 valence electrons. The third-order valence-electron chi connectivity index (χ3n) is 3.56. The maximum Gasteiger partial charge on any atom is 0.0579 e. The van der Waals surface area contributed by atoms with Crippen molar-refractivity contribution in [3.63, 3.8) is 0 Å². The zero-order chi connectivity index (χ0) is 13.8. The molecule has 19 heavy (non-hydrogen) atoms. The maximum absolute atomic E-state index is 3.59. The van der Waals surface area contributed by atoms with E-state index in [1.54, 1.807) is 0 Å². The van der Waals surface area contributed by atoms with Crippen molar-refractivity contribution in [2.75, 3.05) is 6.54 Å². The van der Waals surface area contributed by atoms with Gasteiger partial charge in [0.25, 0.3) is 0 Å². The monoisotopic (exact) mass is 253 g/mol. The van der Waals surface area contributed by atoms with Crippen LogP contribution >= 0.6 is 0 Å². The van der Waals surface area contributed by atoms with Gasteiger partial charge in [-0.1, -0.05) is 60.5 Å². The zero-order valence-corrected chi connectivity index (χ0v) is 12.3. The summed E-state index contributed by atoms with van der Waals surface area (Å²) in [4.78, 5) is 0. The molecule has 0 aromatic heterocycles. The van der Waals surface area contributed by atoms with Crippen LogP contribution in [0, 0.1) is 20.8 Å². The average molecular weight is 253 g/mol. The molecular weight excluding hydrogens is 230 g/mol. The van der Waals surface area contributed by atoms with E-state index < -0.39 is 0 Å². The highest BCUT2D eigenvalue weighted by atomic mass is 14.9. The van der Waals surface area contributed by atoms with Gasteiger partial charge >= 0.3 is 0 Å². The van der Waals surface area contributed by atoms with Gasteiger partial charge in [-0.3, -0.25) is 0 Å². The van der Waals surface area contributed by atoms with E-state index >= 15 is 0 Å². The maximum atomic E-state index is 3.59. The van der Waals surface area contributed by atoms with E-state index in [9.17, 15) is 0 Å². The van der Waals surface area contributed by atoms with Crippen LogP contribution < -0.4 is 5.32 Å². The number of rotatable bonds is 4. The molecule has 0 fully saturated rings. The van der Waals surface area contributed by atoms with Gasteiger partial charge in [-0.05, 0) is 44.0 Å². The van der Waals surface area contributed by atoms with Crippen molar-refractivity contribution < 1.29 is 0 Å². The second kappa shape index (κ2) is 6.03. The first-order valence-electron chi connectivity index (χ1n) is 6.99. The molecule has 0 amide bonds. The van der Waals surface area contributed by atoms with E-state index in [1.807, 2.05) is 0 Å². The lowest BCUT2D eigenvalue weighted by Gasteiger charge is -2.21. The van der Waals surface area contributed by atoms with Crippen molar-refractivity contribution in [3.05, 3.63) is 70.3 Å². The van der Waals surface area contributed by atoms with E-state index in [0.717, 1.165) is 6.54 Å². The van der Waals surface area contributed by atoms with Crippen LogP contribution in [0.25, 0.3) is 0 Å². The predicted molar refractivity (Wildman–Crippen MR) is 82.6 cm³/mol. The molecule has 0 saturated carbocycles. The molecule has 1 heteroatoms. The van der Waals surface area contributed by atoms with E-state index in [4.69, 9.17) is 0 Å². The van der Waals surface area contributed by atoms with Crippen LogP contribution in [0.4, 0.5) is 0 Å². The summed E-state index contributed by atoms with van der Waals surface area (Å²) < 4.78 is 0. The molecule has 0 aliphatic carbocycles. The van der Waals surface area contributed by atoms with Gasteiger partial charge in [0.15, 0.2) is 0 Å². The van der Waals surface area contributed by atoms with Gasteiger partial charge in [0.1, 0.15) is 0 Å². The van der Waals surface area contributed by atoms with Crippen molar-refractivity contribution in [2.24, 2.45) is 0 Å². The van der Waals surface area contributed by atoms with Gasteiger partial charge in [-0.15, -0.1) is 0 Å². The quantitative estimate of drug-likeness (QED) is 0.856. The minimum atomic E-state index is 0.284. The second-order valence-corrected chi connectivity index (χ2v) is 5.26. The first-order valence-corrected chi connectivity index (χ1v) is 6.99. The first-order chi connectivity index (χ1) is 9.11. The summed E-state index contributed by atoms with van der Waals surface area (Å²) in [5.41, 5.74) is 6.68. The summed E-state index contributed by atoms with van der Waals surface area (Å²) in [5.74, 6) is 0. The van der Waals surface area contributed by atoms with Gasteiger partial charge in [0, 0.05) is 0 Å². The molecule has 2 rings (SSSR count). The smallest absolute Gasteiger partial charge is 0.0579 e. The minimum Gasteiger partial charge on any atom is -0.307 e. The number of hydrogen-bond donors (Lipinski definition) is 1. The van der Waals surface area contributed by atoms with Gasteiger partial charge in [-0.2, -0.15) is 0 Å². The molecule has 1 unspecified atom stereocenters. The average Bonchev–Trinajstić information content (AvgIpc) is 2.38. The SMILES string of the molecule is CCNC(c1ccc(C)cc1)c1ccc(C)cc1C. The summed E-state index contributed by atoms with van der Waals surface area (Å²) >= 11 is 0. The molecule has 1 N–H and O–H groups in total. The minimum absolute atomic E-state index is 0.284. The number of aryl methyl sites for hydroxylation is 3. The van der Waals surface area contributed by atoms with Gasteiger partial charge in [0.05, 0.1) is 6.04 Å². The third-order valence-corrected chi connectivity index (χ3v) is 3.56. The molecule has 0 radical (unpaired) electrons. The number of benzene rings is 2. The number of hydrogen-bond acceptors (Lipinski definition) is 1. The Morgan fingerprint density at radius 3 is 2.11 bits per heavy atom. The van der Waals surface area contributed by atoms with Crippen LogP contribution in [0.15, 0.2) is 42.5 Å². The fraction of sp³-hybridized carbons (Fsp3) is 0.333. The normalized spacial score (nSPS) is 12.4. The van der Waals surface area contributed by atoms with Crippen molar-refractivity contribution in [1.29, 1.82) is 0 Å². The zero-order valence-electron chi connectivity index (χ0n) is 12.3. The topological polar surface area (TPSA) is 12.0 Å². The van der Waals surface area contributed by atoms with E-state index in [2.05, 4.69) is 75.5 Å². The lowest BCUT2D eigenvalue weighted by Crippen LogP contribution is -2.22. The van der Waals surface area contributed by atoms with Crippen LogP contribution in [-0.2, 0) is 0 Å². The van der Waals surface area contributed by atoms with Crippen molar-refractivity contribution in [2.45, 2.75) is 33.7 Å². The first kappa shape index (κ1) is 13.8. The van der Waals surface area contributed by atoms with Crippen molar-refractivity contribution in [1.82, 2.24) is 5.32 Å². The van der Waals surface area contributed by atoms with E-state index in [0.29, 0.717) is 0 Å². The second-order valence-electron chi connectivity index (χ2n) is 5.26. The molecule has 2 aromatic rings. The molecule has 0 heterocycles. The highest BCUT2D eigenvalue weighted by molar-refractivity contribution is 5.39. The Labute approximate surface area is 116 Å². The molecule has 0 aliphatic heterocycles. The van der Waals surface area contributed by atoms with Crippen molar-refractivity contribution in [3.8, 4) is 0 Å². The lowest BCUT2D eigenvalue weighted by atomic mass is 9.93. The molecule has 0 aliphatic rings. The summed E-state index contributed by atoms with van der Waals surface area (Å²) in [6.07, 6.45) is 0. The lowest BCUT2D eigenvalue weighted by molar-refractivity contribution is 0.627. The Morgan fingerprint density at radius 2 is 1.53 bits per heavy atom. The fourth-order valence-electron chi connectivity index (χ4n) is 2.52. The molecule has 1 atom stereocenters. The van der Waals surface area contributed by atoms with Gasteiger partial charge in [-0.25, -0.2) is 0 Å². The van der Waals surface area contributed by atoms with Crippen LogP contribution in [0.1, 0.15) is 40.8 Å². The van der Waals surface area contributed by atoms with Gasteiger partial charge in [0.2, 0.25) is 0 Å². The van der Waals surface area contributed by atoms with Crippen LogP contribution in [0.5, 0.6) is 0 Å². The molecule has 0 spiro atoms. The fourth-order valence-corrected chi connectivity index (χ4v) is 2.52. The number of nitrogens with one attached hydrogen (secondary N) is 1. The molecular formula is C18H23N. The Kier molecular flexibility index (Phi) is 4.39. The Bertz CT molecular complexity index is 540. The summed E-state index contributed by atoms with van der Waals surface area (Å²) in [6.45, 7) is 9.59. The van der Waals surface area contributed by atoms with Crippen LogP contribution in [0.2, 0.25) is 0 Å². The Morgan fingerprint density at radius 1 is 0.895 bits per heavy atom. The largest absolute Gasteiger partial charge is 0.307 e. The molecule has 0 bridgehead atoms. The molecule has 1 nitrogen and oxygen atoms in total. The Hall–Kier alpha value is -1.60. The van der Waals surface area contributed by atoms with Crippen molar-refractivity contribution >= 4 is 0 Å². The highest BCUT2D eigenvalue weighted by Gasteiger charge is 2.14. The van der Waals surface area contributed by atoms with Gasteiger partial charge < -0.3 is 5.32 Å². The van der Waals surface area contributed by atoms with Crippen LogP contribution in [-0.4, -0.2) is 6.54 Å². The highest BCUT2D eigenvalue weighted by Crippen LogP contribution is 2.25. The molecule has 0 saturated heterocycles. The Balaban J connectivity index is 2.41. The summed E-state index contributed by atoms with van der Waals surface area (Å²) in [7, 11) is 0. The van der Waals surface area contributed by atoms with Crippen LogP contribution in [0.3, 0.4) is 0 Å².